The molecule has 9 heteroatoms. The van der Waals surface area contributed by atoms with Crippen molar-refractivity contribution in [3.63, 3.8) is 0 Å². The van der Waals surface area contributed by atoms with E-state index < -0.39 is 15.6 Å². The number of rotatable bonds is 9. The standard InChI is InChI=1S/C24H39N3O4S.ClH/c1-6-26(18(2)15-20-7-8-22-21(16-20)11-14-31-22)17-19-9-12-27(13-10-19)23(28)24(3,4)25-32(5,29)30;/h7-8,16,18-19,25H,6,9-15,17H2,1-5H3;1H. The number of hydrogen-bond donors (Lipinski definition) is 1. The van der Waals surface area contributed by atoms with Crippen LogP contribution in [0.15, 0.2) is 18.2 Å². The molecular formula is C24H40ClN3O4S. The molecule has 3 rings (SSSR count). The number of halogens is 1. The van der Waals surface area contributed by atoms with Crippen LogP contribution in [0.2, 0.25) is 0 Å². The molecule has 0 aliphatic carbocycles. The second kappa shape index (κ2) is 11.4. The van der Waals surface area contributed by atoms with Gasteiger partial charge in [-0.2, -0.15) is 0 Å². The minimum atomic E-state index is -3.45. The van der Waals surface area contributed by atoms with E-state index in [2.05, 4.69) is 41.7 Å². The average molecular weight is 502 g/mol. The molecule has 188 valence electrons. The van der Waals surface area contributed by atoms with Gasteiger partial charge in [-0.25, -0.2) is 13.1 Å². The van der Waals surface area contributed by atoms with Crippen LogP contribution in [0.1, 0.15) is 51.7 Å². The van der Waals surface area contributed by atoms with Gasteiger partial charge in [0.05, 0.1) is 12.9 Å². The van der Waals surface area contributed by atoms with Crippen LogP contribution in [-0.2, 0) is 27.7 Å². The Morgan fingerprint density at radius 3 is 2.58 bits per heavy atom. The summed E-state index contributed by atoms with van der Waals surface area (Å²) in [7, 11) is -3.45. The van der Waals surface area contributed by atoms with Crippen LogP contribution in [0, 0.1) is 5.92 Å². The number of sulfonamides is 1. The number of amides is 1. The lowest BCUT2D eigenvalue weighted by molar-refractivity contribution is -0.137. The molecule has 1 N–H and O–H groups in total. The van der Waals surface area contributed by atoms with Gasteiger partial charge in [-0.3, -0.25) is 4.79 Å². The number of likely N-dealkylation sites (tertiary alicyclic amines) is 1. The largest absolute Gasteiger partial charge is 0.493 e. The Hall–Kier alpha value is -1.35. The first-order chi connectivity index (χ1) is 15.0. The van der Waals surface area contributed by atoms with Crippen LogP contribution in [0.4, 0.5) is 0 Å². The Balaban J connectivity index is 0.00000385. The van der Waals surface area contributed by atoms with Gasteiger partial charge >= 0.3 is 0 Å². The van der Waals surface area contributed by atoms with Crippen molar-refractivity contribution in [2.24, 2.45) is 5.92 Å². The number of benzene rings is 1. The lowest BCUT2D eigenvalue weighted by Gasteiger charge is -2.39. The van der Waals surface area contributed by atoms with Gasteiger partial charge < -0.3 is 14.5 Å². The lowest BCUT2D eigenvalue weighted by atomic mass is 9.93. The Morgan fingerprint density at radius 2 is 1.97 bits per heavy atom. The van der Waals surface area contributed by atoms with E-state index in [0.717, 1.165) is 57.4 Å². The zero-order chi connectivity index (χ0) is 23.5. The van der Waals surface area contributed by atoms with E-state index in [1.807, 2.05) is 0 Å². The minimum absolute atomic E-state index is 0. The van der Waals surface area contributed by atoms with Crippen LogP contribution < -0.4 is 9.46 Å². The maximum atomic E-state index is 12.9. The number of likely N-dealkylation sites (N-methyl/N-ethyl adjacent to an activating group) is 1. The number of fused-ring (bicyclic) bond motifs is 1. The molecular weight excluding hydrogens is 462 g/mol. The fourth-order valence-corrected chi connectivity index (χ4v) is 6.02. The van der Waals surface area contributed by atoms with Gasteiger partial charge in [0, 0.05) is 32.1 Å². The van der Waals surface area contributed by atoms with Gasteiger partial charge in [-0.1, -0.05) is 19.1 Å². The van der Waals surface area contributed by atoms with Gasteiger partial charge in [0.15, 0.2) is 0 Å². The third kappa shape index (κ3) is 7.57. The first kappa shape index (κ1) is 27.9. The first-order valence-corrected chi connectivity index (χ1v) is 13.6. The predicted molar refractivity (Wildman–Crippen MR) is 135 cm³/mol. The monoisotopic (exact) mass is 501 g/mol. The fraction of sp³-hybridized carbons (Fsp3) is 0.708. The second-order valence-electron chi connectivity index (χ2n) is 9.92. The zero-order valence-electron chi connectivity index (χ0n) is 20.6. The Labute approximate surface area is 205 Å². The number of nitrogens with zero attached hydrogens (tertiary/aromatic N) is 2. The van der Waals surface area contributed by atoms with Crippen molar-refractivity contribution in [1.82, 2.24) is 14.5 Å². The third-order valence-corrected chi connectivity index (χ3v) is 7.57. The summed E-state index contributed by atoms with van der Waals surface area (Å²) in [5, 5.41) is 0. The number of nitrogens with one attached hydrogen (secondary N) is 1. The highest BCUT2D eigenvalue weighted by molar-refractivity contribution is 7.88. The summed E-state index contributed by atoms with van der Waals surface area (Å²) in [6, 6.07) is 7.03. The quantitative estimate of drug-likeness (QED) is 0.563. The van der Waals surface area contributed by atoms with E-state index in [9.17, 15) is 13.2 Å². The molecule has 0 aromatic heterocycles. The van der Waals surface area contributed by atoms with Crippen LogP contribution in [0.5, 0.6) is 5.75 Å². The molecule has 1 fully saturated rings. The SMILES string of the molecule is CCN(CC1CCN(C(=O)C(C)(C)NS(C)(=O)=O)CC1)C(C)Cc1ccc2c(c1)CCO2.Cl. The van der Waals surface area contributed by atoms with Crippen molar-refractivity contribution in [1.29, 1.82) is 0 Å². The van der Waals surface area contributed by atoms with E-state index in [-0.39, 0.29) is 18.3 Å². The van der Waals surface area contributed by atoms with Gasteiger partial charge in [0.25, 0.3) is 0 Å². The first-order valence-electron chi connectivity index (χ1n) is 11.8. The van der Waals surface area contributed by atoms with E-state index in [0.29, 0.717) is 25.0 Å². The van der Waals surface area contributed by atoms with Crippen LogP contribution >= 0.6 is 12.4 Å². The minimum Gasteiger partial charge on any atom is -0.493 e. The lowest BCUT2D eigenvalue weighted by Crippen LogP contribution is -2.57. The smallest absolute Gasteiger partial charge is 0.243 e. The van der Waals surface area contributed by atoms with E-state index >= 15 is 0 Å². The molecule has 2 aliphatic rings. The molecule has 0 spiro atoms. The number of carbonyl (C=O) groups is 1. The molecule has 33 heavy (non-hydrogen) atoms. The average Bonchev–Trinajstić information content (AvgIpc) is 3.18. The summed E-state index contributed by atoms with van der Waals surface area (Å²) in [5.74, 6) is 1.42. The molecule has 2 aliphatic heterocycles. The maximum absolute atomic E-state index is 12.9. The molecule has 0 saturated carbocycles. The van der Waals surface area contributed by atoms with Crippen molar-refractivity contribution < 1.29 is 17.9 Å². The van der Waals surface area contributed by atoms with Gasteiger partial charge in [-0.05, 0) is 69.7 Å². The number of hydrogen-bond acceptors (Lipinski definition) is 5. The summed E-state index contributed by atoms with van der Waals surface area (Å²) in [4.78, 5) is 17.2. The van der Waals surface area contributed by atoms with Gasteiger partial charge in [0.2, 0.25) is 15.9 Å². The van der Waals surface area contributed by atoms with Crippen molar-refractivity contribution in [3.05, 3.63) is 29.3 Å². The fourth-order valence-electron chi connectivity index (χ4n) is 5.01. The molecule has 1 saturated heterocycles. The highest BCUT2D eigenvalue weighted by Crippen LogP contribution is 2.27. The molecule has 2 heterocycles. The number of carbonyl (C=O) groups excluding carboxylic acids is 1. The van der Waals surface area contributed by atoms with Crippen LogP contribution in [0.25, 0.3) is 0 Å². The summed E-state index contributed by atoms with van der Waals surface area (Å²) in [5.41, 5.74) is 1.56. The zero-order valence-corrected chi connectivity index (χ0v) is 22.2. The summed E-state index contributed by atoms with van der Waals surface area (Å²) in [6.07, 6.45) is 5.00. The van der Waals surface area contributed by atoms with Crippen molar-refractivity contribution in [2.45, 2.75) is 65.0 Å². The second-order valence-corrected chi connectivity index (χ2v) is 11.7. The molecule has 7 nitrogen and oxygen atoms in total. The number of piperidine rings is 1. The molecule has 0 radical (unpaired) electrons. The van der Waals surface area contributed by atoms with E-state index in [1.54, 1.807) is 18.7 Å². The molecule has 1 atom stereocenters. The van der Waals surface area contributed by atoms with Crippen LogP contribution in [-0.4, -0.2) is 74.7 Å². The summed E-state index contributed by atoms with van der Waals surface area (Å²) < 4.78 is 31.3. The predicted octanol–water partition coefficient (Wildman–Crippen LogP) is 2.86. The highest BCUT2D eigenvalue weighted by atomic mass is 35.5. The molecule has 0 bridgehead atoms. The maximum Gasteiger partial charge on any atom is 0.243 e. The summed E-state index contributed by atoms with van der Waals surface area (Å²) in [6.45, 7) is 11.9. The number of ether oxygens (including phenoxy) is 1. The van der Waals surface area contributed by atoms with E-state index in [4.69, 9.17) is 4.74 Å². The van der Waals surface area contributed by atoms with E-state index in [1.165, 1.54) is 11.1 Å². The van der Waals surface area contributed by atoms with Crippen LogP contribution in [0.3, 0.4) is 0 Å². The molecule has 1 aromatic carbocycles. The van der Waals surface area contributed by atoms with Gasteiger partial charge in [-0.15, -0.1) is 12.4 Å². The molecule has 1 unspecified atom stereocenters. The Morgan fingerprint density at radius 1 is 1.30 bits per heavy atom. The third-order valence-electron chi connectivity index (χ3n) is 6.68. The van der Waals surface area contributed by atoms with Crippen molar-refractivity contribution >= 4 is 28.3 Å². The topological polar surface area (TPSA) is 79.0 Å². The Kier molecular flexibility index (Phi) is 9.62. The highest BCUT2D eigenvalue weighted by Gasteiger charge is 2.36. The molecule has 1 amide bonds. The Bertz CT molecular complexity index is 914. The van der Waals surface area contributed by atoms with Crippen molar-refractivity contribution in [2.75, 3.05) is 39.0 Å². The molecule has 1 aromatic rings. The van der Waals surface area contributed by atoms with Gasteiger partial charge in [0.1, 0.15) is 11.3 Å². The van der Waals surface area contributed by atoms with Crippen molar-refractivity contribution in [3.8, 4) is 5.75 Å². The normalized spacial score (nSPS) is 17.9. The summed E-state index contributed by atoms with van der Waals surface area (Å²) >= 11 is 0.